The van der Waals surface area contributed by atoms with Gasteiger partial charge in [-0.2, -0.15) is 0 Å². The molecular formula is C13H20N2OS. The Balaban J connectivity index is 1.97. The van der Waals surface area contributed by atoms with Crippen molar-refractivity contribution < 1.29 is 4.79 Å². The van der Waals surface area contributed by atoms with E-state index in [4.69, 9.17) is 5.73 Å². The van der Waals surface area contributed by atoms with Gasteiger partial charge in [-0.05, 0) is 23.3 Å². The molecule has 1 saturated heterocycles. The zero-order valence-electron chi connectivity index (χ0n) is 10.5. The van der Waals surface area contributed by atoms with Crippen LogP contribution < -0.4 is 5.73 Å². The van der Waals surface area contributed by atoms with Crippen LogP contribution in [0.25, 0.3) is 0 Å². The molecule has 1 fully saturated rings. The summed E-state index contributed by atoms with van der Waals surface area (Å²) in [5, 5.41) is 2.01. The molecule has 0 radical (unpaired) electrons. The molecule has 2 N–H and O–H groups in total. The van der Waals surface area contributed by atoms with E-state index in [0.717, 1.165) is 24.4 Å². The topological polar surface area (TPSA) is 46.3 Å². The first-order valence-electron chi connectivity index (χ1n) is 6.05. The summed E-state index contributed by atoms with van der Waals surface area (Å²) in [6, 6.07) is 4.21. The van der Waals surface area contributed by atoms with Crippen LogP contribution in [-0.4, -0.2) is 29.9 Å². The number of carbonyl (C=O) groups is 1. The van der Waals surface area contributed by atoms with E-state index in [1.807, 2.05) is 22.4 Å². The molecule has 0 aromatic carbocycles. The molecule has 94 valence electrons. The molecule has 3 nitrogen and oxygen atoms in total. The van der Waals surface area contributed by atoms with Crippen LogP contribution >= 0.6 is 11.3 Å². The van der Waals surface area contributed by atoms with Gasteiger partial charge in [0.2, 0.25) is 5.91 Å². The standard InChI is InChI=1S/C13H20N2OS/c1-13(2)9-15(6-5-11(13)14)12(16)8-10-4-3-7-17-10/h3-4,7,11H,5-6,8-9,14H2,1-2H3. The van der Waals surface area contributed by atoms with Crippen LogP contribution in [0.4, 0.5) is 0 Å². The molecule has 2 heterocycles. The summed E-state index contributed by atoms with van der Waals surface area (Å²) in [5.74, 6) is 0.229. The lowest BCUT2D eigenvalue weighted by molar-refractivity contribution is -0.133. The van der Waals surface area contributed by atoms with Gasteiger partial charge in [-0.1, -0.05) is 19.9 Å². The van der Waals surface area contributed by atoms with E-state index < -0.39 is 0 Å². The molecule has 1 aliphatic heterocycles. The Kier molecular flexibility index (Phi) is 3.54. The van der Waals surface area contributed by atoms with Gasteiger partial charge in [0.05, 0.1) is 6.42 Å². The second-order valence-electron chi connectivity index (χ2n) is 5.46. The molecule has 0 saturated carbocycles. The van der Waals surface area contributed by atoms with Gasteiger partial charge >= 0.3 is 0 Å². The number of carbonyl (C=O) groups excluding carboxylic acids is 1. The molecule has 1 amide bonds. The van der Waals surface area contributed by atoms with E-state index in [1.165, 1.54) is 0 Å². The Bertz CT molecular complexity index is 386. The highest BCUT2D eigenvalue weighted by Crippen LogP contribution is 2.28. The smallest absolute Gasteiger partial charge is 0.227 e. The molecule has 1 aliphatic rings. The van der Waals surface area contributed by atoms with Crippen molar-refractivity contribution in [1.29, 1.82) is 0 Å². The zero-order valence-corrected chi connectivity index (χ0v) is 11.3. The summed E-state index contributed by atoms with van der Waals surface area (Å²) in [6.45, 7) is 5.86. The van der Waals surface area contributed by atoms with Gasteiger partial charge in [-0.3, -0.25) is 4.79 Å². The Labute approximate surface area is 107 Å². The molecule has 0 aliphatic carbocycles. The van der Waals surface area contributed by atoms with Crippen LogP contribution in [0.1, 0.15) is 25.1 Å². The first-order valence-corrected chi connectivity index (χ1v) is 6.93. The fourth-order valence-corrected chi connectivity index (χ4v) is 2.96. The van der Waals surface area contributed by atoms with E-state index in [-0.39, 0.29) is 17.4 Å². The van der Waals surface area contributed by atoms with Crippen molar-refractivity contribution in [2.75, 3.05) is 13.1 Å². The molecule has 2 rings (SSSR count). The van der Waals surface area contributed by atoms with Crippen molar-refractivity contribution in [2.45, 2.75) is 32.7 Å². The number of hydrogen-bond donors (Lipinski definition) is 1. The molecular weight excluding hydrogens is 232 g/mol. The second-order valence-corrected chi connectivity index (χ2v) is 6.49. The lowest BCUT2D eigenvalue weighted by Crippen LogP contribution is -2.54. The van der Waals surface area contributed by atoms with Gasteiger partial charge in [-0.15, -0.1) is 11.3 Å². The predicted octanol–water partition coefficient (Wildman–Crippen LogP) is 1.88. The lowest BCUT2D eigenvalue weighted by atomic mass is 9.79. The minimum atomic E-state index is 0.0311. The summed E-state index contributed by atoms with van der Waals surface area (Å²) in [7, 11) is 0. The quantitative estimate of drug-likeness (QED) is 0.873. The van der Waals surface area contributed by atoms with E-state index in [0.29, 0.717) is 6.42 Å². The Morgan fingerprint density at radius 2 is 2.41 bits per heavy atom. The van der Waals surface area contributed by atoms with Gasteiger partial charge in [0, 0.05) is 24.0 Å². The number of rotatable bonds is 2. The monoisotopic (exact) mass is 252 g/mol. The van der Waals surface area contributed by atoms with Crippen molar-refractivity contribution in [2.24, 2.45) is 11.1 Å². The van der Waals surface area contributed by atoms with E-state index >= 15 is 0 Å². The van der Waals surface area contributed by atoms with Gasteiger partial charge in [-0.25, -0.2) is 0 Å². The first kappa shape index (κ1) is 12.6. The largest absolute Gasteiger partial charge is 0.342 e. The molecule has 1 unspecified atom stereocenters. The van der Waals surface area contributed by atoms with Crippen molar-refractivity contribution in [3.8, 4) is 0 Å². The third-order valence-electron chi connectivity index (χ3n) is 3.57. The van der Waals surface area contributed by atoms with Crippen molar-refractivity contribution >= 4 is 17.2 Å². The van der Waals surface area contributed by atoms with Crippen LogP contribution in [-0.2, 0) is 11.2 Å². The van der Waals surface area contributed by atoms with Gasteiger partial charge < -0.3 is 10.6 Å². The normalized spacial score (nSPS) is 23.7. The molecule has 1 aromatic rings. The summed E-state index contributed by atoms with van der Waals surface area (Å²) in [4.78, 5) is 15.3. The molecule has 1 aromatic heterocycles. The van der Waals surface area contributed by atoms with Crippen LogP contribution in [0.3, 0.4) is 0 Å². The number of amides is 1. The minimum Gasteiger partial charge on any atom is -0.342 e. The maximum atomic E-state index is 12.2. The molecule has 1 atom stereocenters. The zero-order chi connectivity index (χ0) is 12.5. The fraction of sp³-hybridized carbons (Fsp3) is 0.615. The first-order chi connectivity index (χ1) is 7.99. The number of thiophene rings is 1. The highest BCUT2D eigenvalue weighted by atomic mass is 32.1. The molecule has 4 heteroatoms. The summed E-state index contributed by atoms with van der Waals surface area (Å²) in [5.41, 5.74) is 6.11. The van der Waals surface area contributed by atoms with Crippen molar-refractivity contribution in [3.05, 3.63) is 22.4 Å². The second kappa shape index (κ2) is 4.78. The van der Waals surface area contributed by atoms with Crippen LogP contribution in [0, 0.1) is 5.41 Å². The van der Waals surface area contributed by atoms with Crippen LogP contribution in [0.5, 0.6) is 0 Å². The Morgan fingerprint density at radius 1 is 1.65 bits per heavy atom. The summed E-state index contributed by atoms with van der Waals surface area (Å²) >= 11 is 1.64. The van der Waals surface area contributed by atoms with E-state index in [9.17, 15) is 4.79 Å². The van der Waals surface area contributed by atoms with Crippen LogP contribution in [0.2, 0.25) is 0 Å². The van der Waals surface area contributed by atoms with Crippen LogP contribution in [0.15, 0.2) is 17.5 Å². The maximum absolute atomic E-state index is 12.2. The van der Waals surface area contributed by atoms with Gasteiger partial charge in [0.25, 0.3) is 0 Å². The number of nitrogens with two attached hydrogens (primary N) is 1. The Morgan fingerprint density at radius 3 is 3.00 bits per heavy atom. The minimum absolute atomic E-state index is 0.0311. The molecule has 0 spiro atoms. The average molecular weight is 252 g/mol. The lowest BCUT2D eigenvalue weighted by Gasteiger charge is -2.42. The highest BCUT2D eigenvalue weighted by Gasteiger charge is 2.35. The number of piperidine rings is 1. The third kappa shape index (κ3) is 2.87. The fourth-order valence-electron chi connectivity index (χ4n) is 2.26. The predicted molar refractivity (Wildman–Crippen MR) is 71.0 cm³/mol. The summed E-state index contributed by atoms with van der Waals surface area (Å²) < 4.78 is 0. The maximum Gasteiger partial charge on any atom is 0.227 e. The van der Waals surface area contributed by atoms with E-state index in [1.54, 1.807) is 11.3 Å². The molecule has 17 heavy (non-hydrogen) atoms. The van der Waals surface area contributed by atoms with Gasteiger partial charge in [0.15, 0.2) is 0 Å². The average Bonchev–Trinajstić information content (AvgIpc) is 2.74. The SMILES string of the molecule is CC1(C)CN(C(=O)Cc2cccs2)CCC1N. The van der Waals surface area contributed by atoms with Gasteiger partial charge in [0.1, 0.15) is 0 Å². The number of hydrogen-bond acceptors (Lipinski definition) is 3. The van der Waals surface area contributed by atoms with Crippen molar-refractivity contribution in [1.82, 2.24) is 4.90 Å². The Hall–Kier alpha value is -0.870. The van der Waals surface area contributed by atoms with Crippen molar-refractivity contribution in [3.63, 3.8) is 0 Å². The molecule has 0 bridgehead atoms. The number of nitrogens with zero attached hydrogens (tertiary/aromatic N) is 1. The third-order valence-corrected chi connectivity index (χ3v) is 4.45. The summed E-state index contributed by atoms with van der Waals surface area (Å²) in [6.07, 6.45) is 1.44. The highest BCUT2D eigenvalue weighted by molar-refractivity contribution is 7.10. The number of likely N-dealkylation sites (tertiary alicyclic amines) is 1. The van der Waals surface area contributed by atoms with E-state index in [2.05, 4.69) is 13.8 Å².